The molecular weight excluding hydrogens is 954 g/mol. The van der Waals surface area contributed by atoms with Crippen molar-refractivity contribution in [3.63, 3.8) is 0 Å². The zero-order valence-electron chi connectivity index (χ0n) is 50.5. The fraction of sp³-hybridized carbons (Fsp3) is 0.387. The molecule has 0 spiro atoms. The highest BCUT2D eigenvalue weighted by atomic mass is 15.3. The molecule has 1 fully saturated rings. The molecule has 7 aromatic carbocycles. The third kappa shape index (κ3) is 7.64. The van der Waals surface area contributed by atoms with Crippen LogP contribution in [-0.2, 0) is 21.7 Å². The Bertz CT molecular complexity index is 3640. The zero-order valence-corrected chi connectivity index (χ0v) is 50.5. The molecule has 0 aromatic heterocycles. The second kappa shape index (κ2) is 17.3. The van der Waals surface area contributed by atoms with Crippen LogP contribution in [0, 0.1) is 10.8 Å². The molecule has 7 aromatic rings. The van der Waals surface area contributed by atoms with Crippen LogP contribution in [0.3, 0.4) is 0 Å². The smallest absolute Gasteiger partial charge is 0.227 e. The van der Waals surface area contributed by atoms with Crippen molar-refractivity contribution in [1.82, 2.24) is 0 Å². The average molecular weight is 1040 g/mol. The van der Waals surface area contributed by atoms with Crippen molar-refractivity contribution >= 4 is 57.5 Å². The van der Waals surface area contributed by atoms with E-state index in [1.54, 1.807) is 16.8 Å². The van der Waals surface area contributed by atoms with E-state index in [4.69, 9.17) is 0 Å². The molecule has 3 heterocycles. The molecule has 0 saturated heterocycles. The number of anilines is 7. The minimum absolute atomic E-state index is 0.0159. The fourth-order valence-electron chi connectivity index (χ4n) is 15.7. The maximum absolute atomic E-state index is 3.01. The average Bonchev–Trinajstić information content (AvgIpc) is 3.70. The summed E-state index contributed by atoms with van der Waals surface area (Å²) >= 11 is 0. The fourth-order valence-corrected chi connectivity index (χ4v) is 15.7. The molecule has 0 bridgehead atoms. The molecule has 3 unspecified atom stereocenters. The van der Waals surface area contributed by atoms with E-state index in [1.807, 2.05) is 0 Å². The molecule has 0 amide bonds. The van der Waals surface area contributed by atoms with Gasteiger partial charge in [0.2, 0.25) is 6.71 Å². The number of benzene rings is 7. The summed E-state index contributed by atoms with van der Waals surface area (Å²) in [5, 5.41) is 0. The van der Waals surface area contributed by atoms with Gasteiger partial charge in [-0.1, -0.05) is 219 Å². The summed E-state index contributed by atoms with van der Waals surface area (Å²) in [5.41, 5.74) is 28.4. The molecule has 79 heavy (non-hydrogen) atoms. The molecular formula is C75H84BN3. The van der Waals surface area contributed by atoms with Crippen molar-refractivity contribution in [3.05, 3.63) is 196 Å². The molecule has 0 radical (unpaired) electrons. The summed E-state index contributed by atoms with van der Waals surface area (Å²) in [7, 11) is 0. The van der Waals surface area contributed by atoms with Crippen LogP contribution < -0.4 is 25.6 Å². The van der Waals surface area contributed by atoms with Crippen molar-refractivity contribution in [2.45, 2.75) is 176 Å². The summed E-state index contributed by atoms with van der Waals surface area (Å²) < 4.78 is 0. The first-order chi connectivity index (χ1) is 37.2. The first-order valence-corrected chi connectivity index (χ1v) is 29.9. The Balaban J connectivity index is 1.20. The Hall–Kier alpha value is -6.52. The van der Waals surface area contributed by atoms with Crippen LogP contribution in [0.4, 0.5) is 39.8 Å². The van der Waals surface area contributed by atoms with Crippen LogP contribution in [0.2, 0.25) is 5.82 Å². The van der Waals surface area contributed by atoms with E-state index in [0.29, 0.717) is 0 Å². The SMILES string of the molecule is CC(C)(C)C1=CC2=C3C(C1)B1c4c(cc(N(c5ccc(C(C)(C)C)cc5)c5ccc(C(C)(C)C)cc5)cc4N3C3(C)CCCCC23C)N(c2ccc(C(C)(C)C)cc2-c2ccccc2)c2ccc3c(c21)-c1ccccc1C3(C)C. The van der Waals surface area contributed by atoms with Crippen LogP contribution >= 0.6 is 0 Å². The lowest BCUT2D eigenvalue weighted by Gasteiger charge is -2.55. The monoisotopic (exact) mass is 1040 g/mol. The van der Waals surface area contributed by atoms with Crippen molar-refractivity contribution in [2.75, 3.05) is 14.7 Å². The normalized spacial score (nSPS) is 21.7. The van der Waals surface area contributed by atoms with Gasteiger partial charge in [0.05, 0.1) is 16.9 Å². The quantitative estimate of drug-likeness (QED) is 0.159. The van der Waals surface area contributed by atoms with Crippen LogP contribution in [0.5, 0.6) is 0 Å². The topological polar surface area (TPSA) is 9.72 Å². The van der Waals surface area contributed by atoms with Gasteiger partial charge in [-0.15, -0.1) is 0 Å². The van der Waals surface area contributed by atoms with Gasteiger partial charge in [0.1, 0.15) is 0 Å². The first kappa shape index (κ1) is 51.9. The van der Waals surface area contributed by atoms with E-state index in [1.165, 1.54) is 120 Å². The van der Waals surface area contributed by atoms with Gasteiger partial charge in [-0.05, 0) is 169 Å². The molecule has 6 aliphatic rings. The molecule has 1 saturated carbocycles. The van der Waals surface area contributed by atoms with E-state index >= 15 is 0 Å². The second-order valence-electron chi connectivity index (χ2n) is 29.8. The molecule has 3 aliphatic carbocycles. The number of hydrogen-bond donors (Lipinski definition) is 0. The van der Waals surface area contributed by atoms with Crippen LogP contribution in [0.15, 0.2) is 169 Å². The van der Waals surface area contributed by atoms with Gasteiger partial charge in [0, 0.05) is 50.5 Å². The maximum atomic E-state index is 3.01. The van der Waals surface area contributed by atoms with Crippen LogP contribution in [0.25, 0.3) is 22.3 Å². The molecule has 402 valence electrons. The minimum Gasteiger partial charge on any atom is -0.339 e. The number of allylic oxidation sites excluding steroid dienone is 3. The molecule has 4 heteroatoms. The molecule has 3 nitrogen and oxygen atoms in total. The summed E-state index contributed by atoms with van der Waals surface area (Å²) in [6, 6.07) is 57.5. The standard InChI is InChI=1S/C75H84BN3/c1-69(2,3)48-28-33-52(34-29-48)77(53-35-30-49(31-36-53)70(4,5)6)54-45-63-66-64(46-54)79-68-59(74(15)40-22-23-41-75(74,79)16)43-51(72(10,11)12)44-60(68)76(66)67-62(39-37-58-65(67)55-26-20-21-27-57(55)73(58,13)14)78(63)61-38-32-50(71(7,8)9)42-56(61)47-24-18-17-19-25-47/h17-21,24-39,42-43,45-46,60H,22-23,40-41,44H2,1-16H3. The lowest BCUT2D eigenvalue weighted by molar-refractivity contribution is 0.153. The maximum Gasteiger partial charge on any atom is 0.227 e. The highest BCUT2D eigenvalue weighted by Gasteiger charge is 2.65. The molecule has 3 aliphatic heterocycles. The Morgan fingerprint density at radius 3 is 1.68 bits per heavy atom. The van der Waals surface area contributed by atoms with Gasteiger partial charge >= 0.3 is 0 Å². The lowest BCUT2D eigenvalue weighted by atomic mass is 9.28. The van der Waals surface area contributed by atoms with Gasteiger partial charge in [-0.2, -0.15) is 0 Å². The van der Waals surface area contributed by atoms with E-state index in [9.17, 15) is 0 Å². The Kier molecular flexibility index (Phi) is 11.3. The van der Waals surface area contributed by atoms with Gasteiger partial charge in [0.15, 0.2) is 0 Å². The lowest BCUT2D eigenvalue weighted by Crippen LogP contribution is -2.63. The third-order valence-electron chi connectivity index (χ3n) is 20.5. The number of nitrogens with zero attached hydrogens (tertiary/aromatic N) is 3. The Morgan fingerprint density at radius 1 is 0.494 bits per heavy atom. The Labute approximate surface area is 475 Å². The highest BCUT2D eigenvalue weighted by molar-refractivity contribution is 6.92. The minimum atomic E-state index is -0.161. The van der Waals surface area contributed by atoms with Crippen molar-refractivity contribution in [2.24, 2.45) is 10.8 Å². The molecule has 3 atom stereocenters. The van der Waals surface area contributed by atoms with E-state index < -0.39 is 0 Å². The summed E-state index contributed by atoms with van der Waals surface area (Å²) in [5.74, 6) is 0.247. The number of fused-ring (bicyclic) bond motifs is 11. The van der Waals surface area contributed by atoms with Crippen LogP contribution in [0.1, 0.15) is 171 Å². The predicted molar refractivity (Wildman–Crippen MR) is 340 cm³/mol. The van der Waals surface area contributed by atoms with Crippen molar-refractivity contribution in [3.8, 4) is 22.3 Å². The predicted octanol–water partition coefficient (Wildman–Crippen LogP) is 19.6. The highest BCUT2D eigenvalue weighted by Crippen LogP contribution is 2.68. The Morgan fingerprint density at radius 2 is 1.06 bits per heavy atom. The van der Waals surface area contributed by atoms with E-state index in [2.05, 4.69) is 277 Å². The zero-order chi connectivity index (χ0) is 55.7. The van der Waals surface area contributed by atoms with Gasteiger partial charge in [-0.3, -0.25) is 0 Å². The van der Waals surface area contributed by atoms with E-state index in [-0.39, 0.29) is 50.6 Å². The number of hydrogen-bond acceptors (Lipinski definition) is 3. The second-order valence-corrected chi connectivity index (χ2v) is 29.8. The third-order valence-corrected chi connectivity index (χ3v) is 20.5. The first-order valence-electron chi connectivity index (χ1n) is 29.9. The summed E-state index contributed by atoms with van der Waals surface area (Å²) in [6.45, 7) is 38.8. The van der Waals surface area contributed by atoms with Gasteiger partial charge < -0.3 is 14.7 Å². The van der Waals surface area contributed by atoms with E-state index in [0.717, 1.165) is 12.8 Å². The van der Waals surface area contributed by atoms with Gasteiger partial charge in [0.25, 0.3) is 0 Å². The largest absolute Gasteiger partial charge is 0.339 e. The van der Waals surface area contributed by atoms with Crippen molar-refractivity contribution < 1.29 is 0 Å². The number of rotatable bonds is 5. The van der Waals surface area contributed by atoms with Gasteiger partial charge in [-0.25, -0.2) is 0 Å². The summed E-state index contributed by atoms with van der Waals surface area (Å²) in [6.07, 6.45) is 8.62. The molecule has 13 rings (SSSR count). The van der Waals surface area contributed by atoms with Crippen LogP contribution in [-0.4, -0.2) is 12.3 Å². The summed E-state index contributed by atoms with van der Waals surface area (Å²) in [4.78, 5) is 8.35. The molecule has 0 N–H and O–H groups in total. The van der Waals surface area contributed by atoms with Crippen molar-refractivity contribution in [1.29, 1.82) is 0 Å².